The van der Waals surface area contributed by atoms with Crippen molar-refractivity contribution in [2.75, 3.05) is 7.05 Å². The second kappa shape index (κ2) is 4.34. The molecule has 0 saturated carbocycles. The summed E-state index contributed by atoms with van der Waals surface area (Å²) in [6.45, 7) is 1.08. The van der Waals surface area contributed by atoms with Gasteiger partial charge < -0.3 is 0 Å². The van der Waals surface area contributed by atoms with E-state index in [1.54, 1.807) is 0 Å². The van der Waals surface area contributed by atoms with E-state index >= 15 is 0 Å². The van der Waals surface area contributed by atoms with Gasteiger partial charge in [0.05, 0.1) is 0 Å². The first-order chi connectivity index (χ1) is 8.34. The molecule has 17 heavy (non-hydrogen) atoms. The van der Waals surface area contributed by atoms with Crippen LogP contribution in [0.1, 0.15) is 22.7 Å². The summed E-state index contributed by atoms with van der Waals surface area (Å²) in [6.07, 6.45) is 1.11. The number of likely N-dealkylation sites (N-methyl/N-ethyl adjacent to an activating group) is 1. The van der Waals surface area contributed by atoms with Crippen LogP contribution in [0.25, 0.3) is 0 Å². The van der Waals surface area contributed by atoms with Crippen LogP contribution in [-0.2, 0) is 13.0 Å². The smallest absolute Gasteiger partial charge is 0.0392 e. The third-order valence-corrected chi connectivity index (χ3v) is 3.64. The summed E-state index contributed by atoms with van der Waals surface area (Å²) < 4.78 is 0. The van der Waals surface area contributed by atoms with Crippen LogP contribution in [0, 0.1) is 0 Å². The van der Waals surface area contributed by atoms with E-state index in [9.17, 15) is 0 Å². The Morgan fingerprint density at radius 3 is 2.53 bits per heavy atom. The van der Waals surface area contributed by atoms with Crippen LogP contribution < -0.4 is 0 Å². The summed E-state index contributed by atoms with van der Waals surface area (Å²) in [7, 11) is 2.22. The summed E-state index contributed by atoms with van der Waals surface area (Å²) in [6, 6.07) is 20.1. The zero-order chi connectivity index (χ0) is 11.7. The van der Waals surface area contributed by atoms with Gasteiger partial charge in [-0.1, -0.05) is 54.6 Å². The van der Waals surface area contributed by atoms with Gasteiger partial charge in [0, 0.05) is 12.6 Å². The van der Waals surface area contributed by atoms with Crippen molar-refractivity contribution in [3.63, 3.8) is 0 Å². The maximum atomic E-state index is 2.44. The molecule has 0 fully saturated rings. The maximum Gasteiger partial charge on any atom is 0.0392 e. The molecule has 0 bridgehead atoms. The number of nitrogens with zero attached hydrogens (tertiary/aromatic N) is 1. The molecule has 1 aliphatic rings. The summed E-state index contributed by atoms with van der Waals surface area (Å²) >= 11 is 0. The Kier molecular flexibility index (Phi) is 2.69. The zero-order valence-electron chi connectivity index (χ0n) is 10.1. The van der Waals surface area contributed by atoms with E-state index in [1.807, 2.05) is 0 Å². The molecule has 0 N–H and O–H groups in total. The van der Waals surface area contributed by atoms with Crippen molar-refractivity contribution < 1.29 is 0 Å². The van der Waals surface area contributed by atoms with Gasteiger partial charge in [0.1, 0.15) is 0 Å². The van der Waals surface area contributed by atoms with Crippen molar-refractivity contribution in [2.45, 2.75) is 19.0 Å². The van der Waals surface area contributed by atoms with E-state index in [0.29, 0.717) is 6.04 Å². The Morgan fingerprint density at radius 1 is 1.00 bits per heavy atom. The van der Waals surface area contributed by atoms with Gasteiger partial charge in [-0.3, -0.25) is 4.90 Å². The van der Waals surface area contributed by atoms with Crippen LogP contribution in [-0.4, -0.2) is 11.9 Å². The molecular formula is C16H17N. The lowest BCUT2D eigenvalue weighted by Crippen LogP contribution is -2.18. The molecule has 0 spiro atoms. The lowest BCUT2D eigenvalue weighted by molar-refractivity contribution is 0.267. The quantitative estimate of drug-likeness (QED) is 0.754. The maximum absolute atomic E-state index is 2.44. The molecule has 1 atom stereocenters. The molecule has 1 heterocycles. The molecule has 0 saturated heterocycles. The van der Waals surface area contributed by atoms with E-state index in [-0.39, 0.29) is 0 Å². The predicted octanol–water partition coefficient (Wildman–Crippen LogP) is 3.42. The van der Waals surface area contributed by atoms with Gasteiger partial charge in [-0.25, -0.2) is 0 Å². The molecule has 86 valence electrons. The minimum atomic E-state index is 0.536. The molecule has 0 radical (unpaired) electrons. The highest BCUT2D eigenvalue weighted by molar-refractivity contribution is 5.35. The van der Waals surface area contributed by atoms with E-state index < -0.39 is 0 Å². The predicted molar refractivity (Wildman–Crippen MR) is 70.8 cm³/mol. The minimum absolute atomic E-state index is 0.536. The highest BCUT2D eigenvalue weighted by Crippen LogP contribution is 2.34. The molecule has 0 amide bonds. The molecule has 3 rings (SSSR count). The topological polar surface area (TPSA) is 3.24 Å². The van der Waals surface area contributed by atoms with E-state index in [1.165, 1.54) is 16.7 Å². The van der Waals surface area contributed by atoms with Gasteiger partial charge in [-0.15, -0.1) is 0 Å². The second-order valence-corrected chi connectivity index (χ2v) is 4.82. The molecule has 0 aromatic heterocycles. The van der Waals surface area contributed by atoms with Crippen LogP contribution in [0.15, 0.2) is 54.6 Å². The van der Waals surface area contributed by atoms with Gasteiger partial charge in [0.15, 0.2) is 0 Å². The highest BCUT2D eigenvalue weighted by Gasteiger charge is 2.26. The fraction of sp³-hybridized carbons (Fsp3) is 0.250. The van der Waals surface area contributed by atoms with E-state index in [4.69, 9.17) is 0 Å². The first-order valence-corrected chi connectivity index (χ1v) is 6.16. The highest BCUT2D eigenvalue weighted by atomic mass is 15.1. The molecule has 1 aliphatic heterocycles. The third kappa shape index (κ3) is 1.98. The number of fused-ring (bicyclic) bond motifs is 1. The molecule has 1 nitrogen and oxygen atoms in total. The number of benzene rings is 2. The molecule has 1 heteroatoms. The SMILES string of the molecule is CN1Cc2ccccc2C1Cc1ccccc1. The fourth-order valence-corrected chi connectivity index (χ4v) is 2.72. The molecule has 1 unspecified atom stereocenters. The largest absolute Gasteiger partial charge is 0.295 e. The first-order valence-electron chi connectivity index (χ1n) is 6.16. The summed E-state index contributed by atoms with van der Waals surface area (Å²) in [5, 5.41) is 0. The van der Waals surface area contributed by atoms with Crippen LogP contribution in [0.4, 0.5) is 0 Å². The van der Waals surface area contributed by atoms with Crippen molar-refractivity contribution in [1.82, 2.24) is 4.90 Å². The number of hydrogen-bond donors (Lipinski definition) is 0. The Hall–Kier alpha value is -1.60. The zero-order valence-corrected chi connectivity index (χ0v) is 10.1. The lowest BCUT2D eigenvalue weighted by Gasteiger charge is -2.20. The Balaban J connectivity index is 1.89. The summed E-state index contributed by atoms with van der Waals surface area (Å²) in [5.41, 5.74) is 4.40. The van der Waals surface area contributed by atoms with Gasteiger partial charge >= 0.3 is 0 Å². The average Bonchev–Trinajstić information content (AvgIpc) is 2.68. The first kappa shape index (κ1) is 10.5. The molecule has 2 aromatic carbocycles. The van der Waals surface area contributed by atoms with Crippen molar-refractivity contribution in [2.24, 2.45) is 0 Å². The molecule has 0 aliphatic carbocycles. The van der Waals surface area contributed by atoms with Crippen LogP contribution in [0.3, 0.4) is 0 Å². The summed E-state index contributed by atoms with van der Waals surface area (Å²) in [4.78, 5) is 2.44. The van der Waals surface area contributed by atoms with Gasteiger partial charge in [-0.2, -0.15) is 0 Å². The van der Waals surface area contributed by atoms with Crippen LogP contribution >= 0.6 is 0 Å². The van der Waals surface area contributed by atoms with Crippen molar-refractivity contribution in [3.8, 4) is 0 Å². The average molecular weight is 223 g/mol. The lowest BCUT2D eigenvalue weighted by atomic mass is 9.98. The van der Waals surface area contributed by atoms with Gasteiger partial charge in [-0.05, 0) is 30.2 Å². The number of rotatable bonds is 2. The van der Waals surface area contributed by atoms with Gasteiger partial charge in [0.25, 0.3) is 0 Å². The Morgan fingerprint density at radius 2 is 1.71 bits per heavy atom. The van der Waals surface area contributed by atoms with E-state index in [0.717, 1.165) is 13.0 Å². The second-order valence-electron chi connectivity index (χ2n) is 4.82. The molecule has 2 aromatic rings. The van der Waals surface area contributed by atoms with Crippen molar-refractivity contribution >= 4 is 0 Å². The fourth-order valence-electron chi connectivity index (χ4n) is 2.72. The van der Waals surface area contributed by atoms with Gasteiger partial charge in [0.2, 0.25) is 0 Å². The van der Waals surface area contributed by atoms with Crippen molar-refractivity contribution in [3.05, 3.63) is 71.3 Å². The monoisotopic (exact) mass is 223 g/mol. The molecular weight excluding hydrogens is 206 g/mol. The Labute approximate surface area is 103 Å². The van der Waals surface area contributed by atoms with Crippen LogP contribution in [0.5, 0.6) is 0 Å². The van der Waals surface area contributed by atoms with Crippen molar-refractivity contribution in [1.29, 1.82) is 0 Å². The van der Waals surface area contributed by atoms with Crippen LogP contribution in [0.2, 0.25) is 0 Å². The number of hydrogen-bond acceptors (Lipinski definition) is 1. The minimum Gasteiger partial charge on any atom is -0.295 e. The third-order valence-electron chi connectivity index (χ3n) is 3.64. The standard InChI is InChI=1S/C16H17N/c1-17-12-14-9-5-6-10-15(14)16(17)11-13-7-3-2-4-8-13/h2-10,16H,11-12H2,1H3. The Bertz CT molecular complexity index is 504. The van der Waals surface area contributed by atoms with E-state index in [2.05, 4.69) is 66.5 Å². The summed E-state index contributed by atoms with van der Waals surface area (Å²) in [5.74, 6) is 0. The normalized spacial score (nSPS) is 19.2.